The van der Waals surface area contributed by atoms with Gasteiger partial charge in [0.25, 0.3) is 11.8 Å². The Morgan fingerprint density at radius 3 is 2.65 bits per heavy atom. The lowest BCUT2D eigenvalue weighted by Gasteiger charge is -2.29. The second kappa shape index (κ2) is 7.27. The molecule has 0 radical (unpaired) electrons. The van der Waals surface area contributed by atoms with Gasteiger partial charge in [0.15, 0.2) is 16.6 Å². The second-order valence-corrected chi connectivity index (χ2v) is 6.64. The average Bonchev–Trinajstić information content (AvgIpc) is 2.60. The number of carbonyl (C=O) groups is 2. The number of amides is 2. The van der Waals surface area contributed by atoms with Gasteiger partial charge in [-0.25, -0.2) is 0 Å². The predicted octanol–water partition coefficient (Wildman–Crippen LogP) is 2.99. The van der Waals surface area contributed by atoms with E-state index < -0.39 is 11.8 Å². The number of ether oxygens (including phenoxy) is 1. The fourth-order valence-electron chi connectivity index (χ4n) is 2.48. The second-order valence-electron chi connectivity index (χ2n) is 5.34. The highest BCUT2D eigenvalue weighted by Crippen LogP contribution is 2.32. The van der Waals surface area contributed by atoms with Crippen LogP contribution in [0.25, 0.3) is 6.08 Å². The van der Waals surface area contributed by atoms with Crippen molar-refractivity contribution in [1.29, 1.82) is 0 Å². The molecule has 0 unspecified atom stereocenters. The number of hydrogen-bond acceptors (Lipinski definition) is 5. The van der Waals surface area contributed by atoms with Crippen LogP contribution in [0.3, 0.4) is 0 Å². The summed E-state index contributed by atoms with van der Waals surface area (Å²) in [5, 5.41) is 12.7. The maximum Gasteiger partial charge on any atom is 0.270 e. The van der Waals surface area contributed by atoms with Crippen LogP contribution in [0.4, 0.5) is 5.69 Å². The lowest BCUT2D eigenvalue weighted by molar-refractivity contribution is -0.122. The number of rotatable bonds is 3. The molecular weight excluding hydrogens is 420 g/mol. The van der Waals surface area contributed by atoms with E-state index in [1.54, 1.807) is 36.4 Å². The monoisotopic (exact) mass is 432 g/mol. The number of thiocarbonyl (C=S) groups is 1. The normalized spacial score (nSPS) is 16.0. The van der Waals surface area contributed by atoms with E-state index in [2.05, 4.69) is 21.2 Å². The molecule has 2 N–H and O–H groups in total. The summed E-state index contributed by atoms with van der Waals surface area (Å²) in [5.74, 6) is -1.14. The fraction of sp³-hybridized carbons (Fsp3) is 0.0556. The Hall–Kier alpha value is -2.71. The molecular formula is C18H13BrN2O4S. The molecule has 132 valence electrons. The number of benzene rings is 2. The van der Waals surface area contributed by atoms with Gasteiger partial charge >= 0.3 is 0 Å². The van der Waals surface area contributed by atoms with Gasteiger partial charge in [-0.1, -0.05) is 34.1 Å². The SMILES string of the molecule is COc1cccc(C=C2C(=O)NC(=S)N(c3cccc(Br)c3)C2=O)c1O. The highest BCUT2D eigenvalue weighted by atomic mass is 79.9. The Morgan fingerprint density at radius 1 is 1.23 bits per heavy atom. The summed E-state index contributed by atoms with van der Waals surface area (Å²) < 4.78 is 5.81. The number of para-hydroxylation sites is 1. The van der Waals surface area contributed by atoms with Gasteiger partial charge in [0.05, 0.1) is 12.8 Å². The molecule has 1 saturated heterocycles. The average molecular weight is 433 g/mol. The molecule has 0 saturated carbocycles. The zero-order chi connectivity index (χ0) is 18.8. The third kappa shape index (κ3) is 3.33. The fourth-order valence-corrected chi connectivity index (χ4v) is 3.15. The van der Waals surface area contributed by atoms with E-state index in [0.717, 1.165) is 4.47 Å². The van der Waals surface area contributed by atoms with Gasteiger partial charge in [0, 0.05) is 10.0 Å². The number of halogens is 1. The lowest BCUT2D eigenvalue weighted by Crippen LogP contribution is -2.54. The van der Waals surface area contributed by atoms with Crippen molar-refractivity contribution in [2.75, 3.05) is 12.0 Å². The van der Waals surface area contributed by atoms with Crippen LogP contribution in [0.15, 0.2) is 52.5 Å². The molecule has 0 atom stereocenters. The van der Waals surface area contributed by atoms with Crippen LogP contribution in [-0.2, 0) is 9.59 Å². The summed E-state index contributed by atoms with van der Waals surface area (Å²) in [7, 11) is 1.41. The summed E-state index contributed by atoms with van der Waals surface area (Å²) in [5.41, 5.74) is 0.641. The van der Waals surface area contributed by atoms with E-state index in [-0.39, 0.29) is 27.7 Å². The molecule has 3 rings (SSSR count). The van der Waals surface area contributed by atoms with Crippen LogP contribution in [0.5, 0.6) is 11.5 Å². The Labute approximate surface area is 163 Å². The smallest absolute Gasteiger partial charge is 0.270 e. The van der Waals surface area contributed by atoms with Crippen LogP contribution in [0.2, 0.25) is 0 Å². The number of anilines is 1. The van der Waals surface area contributed by atoms with Gasteiger partial charge < -0.3 is 9.84 Å². The quantitative estimate of drug-likeness (QED) is 0.442. The Kier molecular flexibility index (Phi) is 5.06. The topological polar surface area (TPSA) is 78.9 Å². The van der Waals surface area contributed by atoms with E-state index in [0.29, 0.717) is 5.69 Å². The van der Waals surface area contributed by atoms with E-state index in [1.165, 1.54) is 18.1 Å². The summed E-state index contributed by atoms with van der Waals surface area (Å²) in [6.07, 6.45) is 1.31. The summed E-state index contributed by atoms with van der Waals surface area (Å²) in [6.45, 7) is 0. The van der Waals surface area contributed by atoms with Crippen molar-refractivity contribution < 1.29 is 19.4 Å². The Balaban J connectivity index is 2.06. The number of methoxy groups -OCH3 is 1. The van der Waals surface area contributed by atoms with Gasteiger partial charge in [-0.2, -0.15) is 0 Å². The number of phenolic OH excluding ortho intramolecular Hbond substituents is 1. The first kappa shape index (κ1) is 18.1. The van der Waals surface area contributed by atoms with Crippen molar-refractivity contribution in [3.8, 4) is 11.5 Å². The molecule has 1 heterocycles. The molecule has 0 spiro atoms. The van der Waals surface area contributed by atoms with Crippen LogP contribution < -0.4 is 15.0 Å². The molecule has 26 heavy (non-hydrogen) atoms. The van der Waals surface area contributed by atoms with E-state index in [4.69, 9.17) is 17.0 Å². The number of aromatic hydroxyl groups is 1. The summed E-state index contributed by atoms with van der Waals surface area (Å²) in [6, 6.07) is 11.8. The molecule has 1 fully saturated rings. The maximum absolute atomic E-state index is 12.9. The number of nitrogens with one attached hydrogen (secondary N) is 1. The molecule has 1 aliphatic rings. The van der Waals surface area contributed by atoms with Crippen LogP contribution in [0, 0.1) is 0 Å². The zero-order valence-corrected chi connectivity index (χ0v) is 15.9. The highest BCUT2D eigenvalue weighted by Gasteiger charge is 2.34. The van der Waals surface area contributed by atoms with Gasteiger partial charge in [0.1, 0.15) is 5.57 Å². The molecule has 2 aromatic carbocycles. The minimum atomic E-state index is -0.631. The minimum Gasteiger partial charge on any atom is -0.504 e. The molecule has 6 nitrogen and oxygen atoms in total. The molecule has 0 aliphatic carbocycles. The molecule has 8 heteroatoms. The van der Waals surface area contributed by atoms with Gasteiger partial charge in [-0.15, -0.1) is 0 Å². The van der Waals surface area contributed by atoms with Crippen LogP contribution in [0.1, 0.15) is 5.56 Å². The summed E-state index contributed by atoms with van der Waals surface area (Å²) >= 11 is 8.50. The van der Waals surface area contributed by atoms with Crippen LogP contribution in [-0.4, -0.2) is 29.1 Å². The first-order chi connectivity index (χ1) is 12.4. The number of hydrogen-bond donors (Lipinski definition) is 2. The minimum absolute atomic E-state index is 0.00915. The van der Waals surface area contributed by atoms with Crippen LogP contribution >= 0.6 is 28.1 Å². The van der Waals surface area contributed by atoms with Crippen molar-refractivity contribution in [1.82, 2.24) is 5.32 Å². The van der Waals surface area contributed by atoms with E-state index in [9.17, 15) is 14.7 Å². The van der Waals surface area contributed by atoms with Crippen molar-refractivity contribution in [3.05, 3.63) is 58.1 Å². The first-order valence-corrected chi connectivity index (χ1v) is 8.65. The number of nitrogens with zero attached hydrogens (tertiary/aromatic N) is 1. The van der Waals surface area contributed by atoms with Crippen molar-refractivity contribution in [2.24, 2.45) is 0 Å². The summed E-state index contributed by atoms with van der Waals surface area (Å²) in [4.78, 5) is 26.4. The van der Waals surface area contributed by atoms with Crippen molar-refractivity contribution >= 4 is 56.8 Å². The van der Waals surface area contributed by atoms with Gasteiger partial charge in [-0.05, 0) is 42.6 Å². The van der Waals surface area contributed by atoms with Gasteiger partial charge in [-0.3, -0.25) is 19.8 Å². The lowest BCUT2D eigenvalue weighted by atomic mass is 10.1. The Morgan fingerprint density at radius 2 is 1.96 bits per heavy atom. The Bertz CT molecular complexity index is 958. The molecule has 0 bridgehead atoms. The molecule has 0 aromatic heterocycles. The molecule has 2 aromatic rings. The largest absolute Gasteiger partial charge is 0.504 e. The standard InChI is InChI=1S/C18H13BrN2O4S/c1-25-14-7-2-4-10(15(14)22)8-13-16(23)20-18(26)21(17(13)24)12-6-3-5-11(19)9-12/h2-9,22H,1H3,(H,20,23,26). The zero-order valence-electron chi connectivity index (χ0n) is 13.5. The van der Waals surface area contributed by atoms with E-state index >= 15 is 0 Å². The van der Waals surface area contributed by atoms with E-state index in [1.807, 2.05) is 6.07 Å². The molecule has 1 aliphatic heterocycles. The molecule has 2 amide bonds. The maximum atomic E-state index is 12.9. The predicted molar refractivity (Wildman–Crippen MR) is 105 cm³/mol. The third-order valence-electron chi connectivity index (χ3n) is 3.72. The van der Waals surface area contributed by atoms with Gasteiger partial charge in [0.2, 0.25) is 0 Å². The number of phenols is 1. The highest BCUT2D eigenvalue weighted by molar-refractivity contribution is 9.10. The van der Waals surface area contributed by atoms with Crippen molar-refractivity contribution in [3.63, 3.8) is 0 Å². The number of carbonyl (C=O) groups excluding carboxylic acids is 2. The first-order valence-electron chi connectivity index (χ1n) is 7.45. The van der Waals surface area contributed by atoms with Crippen molar-refractivity contribution in [2.45, 2.75) is 0 Å². The third-order valence-corrected chi connectivity index (χ3v) is 4.50.